The van der Waals surface area contributed by atoms with E-state index in [2.05, 4.69) is 9.97 Å². The Labute approximate surface area is 211 Å². The quantitative estimate of drug-likeness (QED) is 0.262. The van der Waals surface area contributed by atoms with Crippen LogP contribution in [0.15, 0.2) is 79.1 Å². The fourth-order valence-corrected chi connectivity index (χ4v) is 4.72. The molecule has 2 N–H and O–H groups in total. The minimum absolute atomic E-state index is 0.0222. The Morgan fingerprint density at radius 1 is 0.800 bits per heavy atom. The Balaban J connectivity index is 1.74. The van der Waals surface area contributed by atoms with E-state index >= 15 is 0 Å². The van der Waals surface area contributed by atoms with E-state index in [0.717, 1.165) is 11.3 Å². The number of aromatic nitrogens is 2. The fourth-order valence-electron chi connectivity index (χ4n) is 4.18. The molecule has 174 valence electrons. The first-order valence-electron chi connectivity index (χ1n) is 10.8. The molecule has 0 radical (unpaired) electrons. The first kappa shape index (κ1) is 23.0. The van der Waals surface area contributed by atoms with E-state index in [4.69, 9.17) is 27.9 Å². The van der Waals surface area contributed by atoms with E-state index < -0.39 is 5.92 Å². The zero-order valence-electron chi connectivity index (χ0n) is 18.6. The van der Waals surface area contributed by atoms with Gasteiger partial charge in [-0.2, -0.15) is 0 Å². The third-order valence-corrected chi connectivity index (χ3v) is 6.58. The molecule has 0 aliphatic carbocycles. The van der Waals surface area contributed by atoms with Crippen LogP contribution >= 0.6 is 23.2 Å². The van der Waals surface area contributed by atoms with Crippen molar-refractivity contribution in [3.8, 4) is 17.2 Å². The Morgan fingerprint density at radius 3 is 1.80 bits per heavy atom. The summed E-state index contributed by atoms with van der Waals surface area (Å²) in [5, 5.41) is 24.6. The normalized spacial score (nSPS) is 11.7. The van der Waals surface area contributed by atoms with E-state index in [1.807, 2.05) is 36.4 Å². The summed E-state index contributed by atoms with van der Waals surface area (Å²) < 4.78 is 5.24. The highest BCUT2D eigenvalue weighted by atomic mass is 35.5. The average Bonchev–Trinajstić information content (AvgIpc) is 2.90. The summed E-state index contributed by atoms with van der Waals surface area (Å²) in [6.07, 6.45) is 6.97. The van der Waals surface area contributed by atoms with Crippen LogP contribution in [0.1, 0.15) is 22.6 Å². The Morgan fingerprint density at radius 2 is 1.31 bits per heavy atom. The van der Waals surface area contributed by atoms with Crippen LogP contribution in [0, 0.1) is 0 Å². The molecule has 0 aliphatic heterocycles. The highest BCUT2D eigenvalue weighted by Crippen LogP contribution is 2.45. The van der Waals surface area contributed by atoms with Gasteiger partial charge in [0.15, 0.2) is 0 Å². The molecule has 0 fully saturated rings. The van der Waals surface area contributed by atoms with Gasteiger partial charge in [0.2, 0.25) is 0 Å². The first-order chi connectivity index (χ1) is 17.0. The van der Waals surface area contributed by atoms with Crippen molar-refractivity contribution < 1.29 is 14.9 Å². The van der Waals surface area contributed by atoms with Crippen LogP contribution in [0.3, 0.4) is 0 Å². The molecule has 2 heterocycles. The van der Waals surface area contributed by atoms with E-state index in [0.29, 0.717) is 43.0 Å². The molecule has 0 saturated carbocycles. The molecule has 0 saturated heterocycles. The minimum Gasteiger partial charge on any atom is -0.505 e. The maximum Gasteiger partial charge on any atom is 0.146 e. The first-order valence-corrected chi connectivity index (χ1v) is 11.6. The zero-order valence-corrected chi connectivity index (χ0v) is 20.1. The third-order valence-electron chi connectivity index (χ3n) is 5.96. The van der Waals surface area contributed by atoms with E-state index in [-0.39, 0.29) is 11.5 Å². The second kappa shape index (κ2) is 9.45. The number of allylic oxidation sites excluding steroid dienone is 1. The van der Waals surface area contributed by atoms with Crippen LogP contribution in [-0.2, 0) is 0 Å². The molecule has 3 aromatic carbocycles. The highest BCUT2D eigenvalue weighted by molar-refractivity contribution is 6.36. The van der Waals surface area contributed by atoms with Crippen molar-refractivity contribution in [2.45, 2.75) is 5.92 Å². The van der Waals surface area contributed by atoms with Gasteiger partial charge in [0.05, 0.1) is 17.2 Å². The number of ether oxygens (including phenoxy) is 1. The number of fused-ring (bicyclic) bond motifs is 2. The van der Waals surface area contributed by atoms with Crippen LogP contribution < -0.4 is 4.74 Å². The van der Waals surface area contributed by atoms with Crippen LogP contribution in [0.5, 0.6) is 17.2 Å². The molecule has 2 aromatic heterocycles. The van der Waals surface area contributed by atoms with Gasteiger partial charge >= 0.3 is 0 Å². The van der Waals surface area contributed by atoms with Gasteiger partial charge in [-0.05, 0) is 54.1 Å². The largest absolute Gasteiger partial charge is 0.505 e. The maximum absolute atomic E-state index is 11.2. The van der Waals surface area contributed by atoms with Crippen molar-refractivity contribution in [1.82, 2.24) is 9.97 Å². The number of hydrogen-bond donors (Lipinski definition) is 2. The molecule has 5 aromatic rings. The molecular formula is C28H20Cl2N2O3. The lowest BCUT2D eigenvalue weighted by Crippen LogP contribution is -2.02. The number of phenolic OH excluding ortho intramolecular Hbond substituents is 2. The molecule has 0 unspecified atom stereocenters. The topological polar surface area (TPSA) is 75.5 Å². The molecule has 0 aliphatic rings. The Kier molecular flexibility index (Phi) is 6.20. The second-order valence-corrected chi connectivity index (χ2v) is 8.82. The van der Waals surface area contributed by atoms with E-state index in [1.54, 1.807) is 55.9 Å². The average molecular weight is 503 g/mol. The molecule has 5 nitrogen and oxygen atoms in total. The van der Waals surface area contributed by atoms with Crippen molar-refractivity contribution in [3.63, 3.8) is 0 Å². The molecule has 0 bridgehead atoms. The van der Waals surface area contributed by atoms with Crippen molar-refractivity contribution in [3.05, 3.63) is 106 Å². The molecule has 0 atom stereocenters. The van der Waals surface area contributed by atoms with Gasteiger partial charge in [-0.1, -0.05) is 47.5 Å². The lowest BCUT2D eigenvalue weighted by molar-refractivity contribution is 0.415. The monoisotopic (exact) mass is 502 g/mol. The molecule has 35 heavy (non-hydrogen) atoms. The SMILES string of the molecule is COc1ccc(/C=C/C(c2cc(Cl)c3cccnc3c2O)c2cc(Cl)c3cccnc3c2O)cc1. The molecule has 0 amide bonds. The predicted molar refractivity (Wildman–Crippen MR) is 141 cm³/mol. The number of hydrogen-bond acceptors (Lipinski definition) is 5. The van der Waals surface area contributed by atoms with Crippen molar-refractivity contribution in [1.29, 1.82) is 0 Å². The molecule has 7 heteroatoms. The predicted octanol–water partition coefficient (Wildman–Crippen LogP) is 7.35. The minimum atomic E-state index is -0.607. The molecule has 0 spiro atoms. The maximum atomic E-state index is 11.2. The lowest BCUT2D eigenvalue weighted by atomic mass is 9.87. The van der Waals surface area contributed by atoms with Crippen molar-refractivity contribution in [2.75, 3.05) is 7.11 Å². The lowest BCUT2D eigenvalue weighted by Gasteiger charge is -2.20. The van der Waals surface area contributed by atoms with Crippen LogP contribution in [0.25, 0.3) is 27.9 Å². The van der Waals surface area contributed by atoms with Gasteiger partial charge in [0.1, 0.15) is 28.3 Å². The van der Waals surface area contributed by atoms with Crippen molar-refractivity contribution >= 4 is 51.1 Å². The fraction of sp³-hybridized carbons (Fsp3) is 0.0714. The van der Waals surface area contributed by atoms with Crippen LogP contribution in [-0.4, -0.2) is 27.3 Å². The van der Waals surface area contributed by atoms with Gasteiger partial charge in [-0.3, -0.25) is 9.97 Å². The van der Waals surface area contributed by atoms with Gasteiger partial charge in [0, 0.05) is 40.2 Å². The number of rotatable bonds is 5. The third kappa shape index (κ3) is 4.25. The summed E-state index contributed by atoms with van der Waals surface area (Å²) in [5.41, 5.74) is 2.62. The Bertz CT molecular complexity index is 1490. The van der Waals surface area contributed by atoms with Crippen molar-refractivity contribution in [2.24, 2.45) is 0 Å². The number of pyridine rings is 2. The standard InChI is InChI=1S/C28H20Cl2N2O3/c1-35-17-9-6-16(7-10-17)8-11-18(21-14-23(29)19-4-2-12-31-25(19)27(21)33)22-15-24(30)20-5-3-13-32-26(20)28(22)34/h2-15,18,33-34H,1H3/b11-8+. The Hall–Kier alpha value is -3.80. The highest BCUT2D eigenvalue weighted by Gasteiger charge is 2.24. The number of phenols is 2. The van der Waals surface area contributed by atoms with E-state index in [1.165, 1.54) is 0 Å². The summed E-state index contributed by atoms with van der Waals surface area (Å²) in [4.78, 5) is 8.66. The number of halogens is 2. The number of benzene rings is 3. The number of aromatic hydroxyl groups is 2. The summed E-state index contributed by atoms with van der Waals surface area (Å²) in [5.74, 6) is 0.0933. The van der Waals surface area contributed by atoms with Gasteiger partial charge in [-0.15, -0.1) is 0 Å². The smallest absolute Gasteiger partial charge is 0.146 e. The van der Waals surface area contributed by atoms with Crippen LogP contribution in [0.2, 0.25) is 10.0 Å². The van der Waals surface area contributed by atoms with Gasteiger partial charge in [0.25, 0.3) is 0 Å². The summed E-state index contributed by atoms with van der Waals surface area (Å²) in [7, 11) is 1.61. The van der Waals surface area contributed by atoms with E-state index in [9.17, 15) is 10.2 Å². The molecular weight excluding hydrogens is 483 g/mol. The van der Waals surface area contributed by atoms with Crippen LogP contribution in [0.4, 0.5) is 0 Å². The summed E-state index contributed by atoms with van der Waals surface area (Å²) in [6.45, 7) is 0. The van der Waals surface area contributed by atoms with Gasteiger partial charge < -0.3 is 14.9 Å². The number of nitrogens with zero attached hydrogens (tertiary/aromatic N) is 2. The van der Waals surface area contributed by atoms with Gasteiger partial charge in [-0.25, -0.2) is 0 Å². The summed E-state index contributed by atoms with van der Waals surface area (Å²) >= 11 is 13.2. The summed E-state index contributed by atoms with van der Waals surface area (Å²) in [6, 6.07) is 18.0. The number of methoxy groups -OCH3 is 1. The molecule has 5 rings (SSSR count). The second-order valence-electron chi connectivity index (χ2n) is 8.00. The zero-order chi connectivity index (χ0) is 24.5.